The third-order valence-electron chi connectivity index (χ3n) is 6.02. The third kappa shape index (κ3) is 4.60. The zero-order valence-corrected chi connectivity index (χ0v) is 19.7. The van der Waals surface area contributed by atoms with Crippen molar-refractivity contribution in [3.8, 4) is 0 Å². The molecule has 1 aliphatic rings. The summed E-state index contributed by atoms with van der Waals surface area (Å²) in [6, 6.07) is 7.53. The quantitative estimate of drug-likeness (QED) is 0.578. The number of carbonyl (C=O) groups excluding carboxylic acids is 2. The number of nitrogens with one attached hydrogen (secondary N) is 1. The van der Waals surface area contributed by atoms with E-state index in [0.717, 1.165) is 21.6 Å². The number of fused-ring (bicyclic) bond motifs is 1. The first kappa shape index (κ1) is 22.2. The van der Waals surface area contributed by atoms with Crippen LogP contribution in [0.1, 0.15) is 35.8 Å². The molecule has 32 heavy (non-hydrogen) atoms. The predicted octanol–water partition coefficient (Wildman–Crippen LogP) is 4.40. The van der Waals surface area contributed by atoms with Crippen molar-refractivity contribution in [2.45, 2.75) is 46.6 Å². The zero-order valence-electron chi connectivity index (χ0n) is 18.8. The molecule has 7 nitrogen and oxygen atoms in total. The van der Waals surface area contributed by atoms with Gasteiger partial charge in [-0.25, -0.2) is 9.97 Å². The van der Waals surface area contributed by atoms with Gasteiger partial charge in [-0.3, -0.25) is 9.59 Å². The maximum atomic E-state index is 12.7. The SMILES string of the molecule is Cc1cccc(NC(=O)C(C)OC(=O)C2CCN(c3ncnc4sc(C)c(C)c34)CC2)c1. The summed E-state index contributed by atoms with van der Waals surface area (Å²) in [5.41, 5.74) is 2.96. The Balaban J connectivity index is 1.34. The highest BCUT2D eigenvalue weighted by Crippen LogP contribution is 2.35. The lowest BCUT2D eigenvalue weighted by molar-refractivity contribution is -0.157. The van der Waals surface area contributed by atoms with Gasteiger partial charge in [0.2, 0.25) is 0 Å². The van der Waals surface area contributed by atoms with E-state index in [2.05, 4.69) is 34.0 Å². The van der Waals surface area contributed by atoms with Crippen molar-refractivity contribution in [3.63, 3.8) is 0 Å². The van der Waals surface area contributed by atoms with Crippen LogP contribution in [0.25, 0.3) is 10.2 Å². The number of ether oxygens (including phenoxy) is 1. The fourth-order valence-corrected chi connectivity index (χ4v) is 5.01. The normalized spacial score (nSPS) is 15.6. The van der Waals surface area contributed by atoms with Crippen LogP contribution in [-0.4, -0.2) is 41.0 Å². The molecule has 168 valence electrons. The van der Waals surface area contributed by atoms with Crippen LogP contribution in [0.4, 0.5) is 11.5 Å². The van der Waals surface area contributed by atoms with Gasteiger partial charge in [-0.05, 0) is 63.8 Å². The molecular formula is C24H28N4O3S. The molecule has 0 radical (unpaired) electrons. The third-order valence-corrected chi connectivity index (χ3v) is 7.14. The van der Waals surface area contributed by atoms with Crippen LogP contribution in [-0.2, 0) is 14.3 Å². The van der Waals surface area contributed by atoms with E-state index in [0.29, 0.717) is 31.6 Å². The fourth-order valence-electron chi connectivity index (χ4n) is 4.02. The number of benzene rings is 1. The molecule has 2 aromatic heterocycles. The highest BCUT2D eigenvalue weighted by molar-refractivity contribution is 7.18. The lowest BCUT2D eigenvalue weighted by Crippen LogP contribution is -2.39. The average Bonchev–Trinajstić information content (AvgIpc) is 3.07. The van der Waals surface area contributed by atoms with Crippen molar-refractivity contribution in [2.24, 2.45) is 5.92 Å². The van der Waals surface area contributed by atoms with Crippen molar-refractivity contribution in [1.29, 1.82) is 0 Å². The highest BCUT2D eigenvalue weighted by atomic mass is 32.1. The molecule has 1 aliphatic heterocycles. The minimum absolute atomic E-state index is 0.219. The maximum Gasteiger partial charge on any atom is 0.309 e. The molecule has 3 aromatic rings. The Kier molecular flexibility index (Phi) is 6.41. The topological polar surface area (TPSA) is 84.4 Å². The molecule has 0 saturated carbocycles. The number of hydrogen-bond acceptors (Lipinski definition) is 7. The van der Waals surface area contributed by atoms with E-state index < -0.39 is 6.10 Å². The van der Waals surface area contributed by atoms with Gasteiger partial charge in [0.25, 0.3) is 5.91 Å². The van der Waals surface area contributed by atoms with Crippen LogP contribution in [0.3, 0.4) is 0 Å². The lowest BCUT2D eigenvalue weighted by atomic mass is 9.96. The zero-order chi connectivity index (χ0) is 22.8. The molecule has 8 heteroatoms. The molecular weight excluding hydrogens is 424 g/mol. The first-order valence-corrected chi connectivity index (χ1v) is 11.7. The van der Waals surface area contributed by atoms with Gasteiger partial charge in [0.1, 0.15) is 17.0 Å². The number of hydrogen-bond donors (Lipinski definition) is 1. The Labute approximate surface area is 191 Å². The van der Waals surface area contributed by atoms with Crippen LogP contribution in [0.2, 0.25) is 0 Å². The van der Waals surface area contributed by atoms with Crippen molar-refractivity contribution in [3.05, 3.63) is 46.6 Å². The maximum absolute atomic E-state index is 12.7. The number of aryl methyl sites for hydroxylation is 3. The summed E-state index contributed by atoms with van der Waals surface area (Å²) in [6.07, 6.45) is 2.10. The number of esters is 1. The first-order chi connectivity index (χ1) is 15.3. The summed E-state index contributed by atoms with van der Waals surface area (Å²) < 4.78 is 5.49. The Morgan fingerprint density at radius 3 is 2.66 bits per heavy atom. The molecule has 0 bridgehead atoms. The van der Waals surface area contributed by atoms with E-state index in [9.17, 15) is 9.59 Å². The van der Waals surface area contributed by atoms with Crippen molar-refractivity contribution < 1.29 is 14.3 Å². The predicted molar refractivity (Wildman–Crippen MR) is 127 cm³/mol. The summed E-state index contributed by atoms with van der Waals surface area (Å²) in [6.45, 7) is 9.20. The van der Waals surface area contributed by atoms with Crippen LogP contribution < -0.4 is 10.2 Å². The van der Waals surface area contributed by atoms with Crippen LogP contribution in [0, 0.1) is 26.7 Å². The Morgan fingerprint density at radius 1 is 1.19 bits per heavy atom. The van der Waals surface area contributed by atoms with Crippen molar-refractivity contribution in [2.75, 3.05) is 23.3 Å². The number of carbonyl (C=O) groups is 2. The van der Waals surface area contributed by atoms with E-state index >= 15 is 0 Å². The highest BCUT2D eigenvalue weighted by Gasteiger charge is 2.30. The molecule has 1 atom stereocenters. The van der Waals surface area contributed by atoms with Crippen molar-refractivity contribution >= 4 is 44.9 Å². The number of thiophene rings is 1. The number of anilines is 2. The molecule has 1 saturated heterocycles. The van der Waals surface area contributed by atoms with E-state index in [1.54, 1.807) is 24.6 Å². The van der Waals surface area contributed by atoms with E-state index in [4.69, 9.17) is 4.74 Å². The average molecular weight is 453 g/mol. The Bertz CT molecular complexity index is 1150. The second-order valence-corrected chi connectivity index (χ2v) is 9.56. The smallest absolute Gasteiger partial charge is 0.309 e. The van der Waals surface area contributed by atoms with Crippen LogP contribution in [0.15, 0.2) is 30.6 Å². The summed E-state index contributed by atoms with van der Waals surface area (Å²) in [5, 5.41) is 3.91. The van der Waals surface area contributed by atoms with Gasteiger partial charge in [0, 0.05) is 23.7 Å². The monoisotopic (exact) mass is 452 g/mol. The fraction of sp³-hybridized carbons (Fsp3) is 0.417. The van der Waals surface area contributed by atoms with Gasteiger partial charge in [0.05, 0.1) is 11.3 Å². The molecule has 0 spiro atoms. The van der Waals surface area contributed by atoms with E-state index in [1.165, 1.54) is 10.4 Å². The Morgan fingerprint density at radius 2 is 1.94 bits per heavy atom. The van der Waals surface area contributed by atoms with E-state index in [-0.39, 0.29) is 17.8 Å². The summed E-state index contributed by atoms with van der Waals surface area (Å²) >= 11 is 1.68. The van der Waals surface area contributed by atoms with Gasteiger partial charge in [-0.15, -0.1) is 11.3 Å². The van der Waals surface area contributed by atoms with Crippen LogP contribution >= 0.6 is 11.3 Å². The van der Waals surface area contributed by atoms with Gasteiger partial charge < -0.3 is 15.0 Å². The Hall–Kier alpha value is -3.00. The molecule has 1 aromatic carbocycles. The summed E-state index contributed by atoms with van der Waals surface area (Å²) in [7, 11) is 0. The lowest BCUT2D eigenvalue weighted by Gasteiger charge is -2.32. The molecule has 4 rings (SSSR count). The minimum atomic E-state index is -0.848. The minimum Gasteiger partial charge on any atom is -0.452 e. The number of amides is 1. The molecule has 1 fully saturated rings. The molecule has 0 aliphatic carbocycles. The standard InChI is InChI=1S/C24H28N4O3S/c1-14-6-5-7-19(12-14)27-22(29)16(3)31-24(30)18-8-10-28(11-9-18)21-20-15(2)17(4)32-23(20)26-13-25-21/h5-7,12-13,16,18H,8-11H2,1-4H3,(H,27,29). The number of aromatic nitrogens is 2. The molecule has 1 amide bonds. The second-order valence-electron chi connectivity index (χ2n) is 8.36. The number of piperidine rings is 1. The van der Waals surface area contributed by atoms with Gasteiger partial charge in [-0.1, -0.05) is 12.1 Å². The van der Waals surface area contributed by atoms with Gasteiger partial charge in [0.15, 0.2) is 6.10 Å². The van der Waals surface area contributed by atoms with Crippen LogP contribution in [0.5, 0.6) is 0 Å². The number of rotatable bonds is 5. The second kappa shape index (κ2) is 9.24. The van der Waals surface area contributed by atoms with Gasteiger partial charge >= 0.3 is 5.97 Å². The van der Waals surface area contributed by atoms with Crippen molar-refractivity contribution in [1.82, 2.24) is 9.97 Å². The summed E-state index contributed by atoms with van der Waals surface area (Å²) in [5.74, 6) is 0.0812. The first-order valence-electron chi connectivity index (χ1n) is 10.9. The molecule has 3 heterocycles. The van der Waals surface area contributed by atoms with Gasteiger partial charge in [-0.2, -0.15) is 0 Å². The molecule has 1 unspecified atom stereocenters. The largest absolute Gasteiger partial charge is 0.452 e. The number of nitrogens with zero attached hydrogens (tertiary/aromatic N) is 3. The van der Waals surface area contributed by atoms with E-state index in [1.807, 2.05) is 31.2 Å². The summed E-state index contributed by atoms with van der Waals surface area (Å²) in [4.78, 5) is 38.5. The molecule has 1 N–H and O–H groups in total.